The molecule has 0 aromatic rings. The van der Waals surface area contributed by atoms with Gasteiger partial charge in [-0.3, -0.25) is 4.90 Å². The van der Waals surface area contributed by atoms with Gasteiger partial charge in [-0.15, -0.1) is 0 Å². The van der Waals surface area contributed by atoms with Gasteiger partial charge in [0.15, 0.2) is 0 Å². The SMILES string of the molecule is CCN1CCOC(CNC2CCNCC2(C)C)C1. The highest BCUT2D eigenvalue weighted by molar-refractivity contribution is 4.91. The lowest BCUT2D eigenvalue weighted by Crippen LogP contribution is -2.56. The lowest BCUT2D eigenvalue weighted by atomic mass is 9.80. The average molecular weight is 255 g/mol. The van der Waals surface area contributed by atoms with Crippen molar-refractivity contribution < 1.29 is 4.74 Å². The van der Waals surface area contributed by atoms with Crippen LogP contribution in [0.15, 0.2) is 0 Å². The van der Waals surface area contributed by atoms with E-state index in [1.54, 1.807) is 0 Å². The van der Waals surface area contributed by atoms with Crippen molar-refractivity contribution in [2.24, 2.45) is 5.41 Å². The number of hydrogen-bond donors (Lipinski definition) is 2. The number of ether oxygens (including phenoxy) is 1. The first-order chi connectivity index (χ1) is 8.62. The van der Waals surface area contributed by atoms with Crippen LogP contribution in [0.5, 0.6) is 0 Å². The van der Waals surface area contributed by atoms with E-state index in [-0.39, 0.29) is 0 Å². The molecule has 2 aliphatic heterocycles. The van der Waals surface area contributed by atoms with Gasteiger partial charge >= 0.3 is 0 Å². The summed E-state index contributed by atoms with van der Waals surface area (Å²) >= 11 is 0. The van der Waals surface area contributed by atoms with Crippen molar-refractivity contribution in [1.29, 1.82) is 0 Å². The first kappa shape index (κ1) is 14.3. The number of hydrogen-bond acceptors (Lipinski definition) is 4. The number of rotatable bonds is 4. The monoisotopic (exact) mass is 255 g/mol. The molecule has 0 amide bonds. The maximum Gasteiger partial charge on any atom is 0.0826 e. The summed E-state index contributed by atoms with van der Waals surface area (Å²) in [7, 11) is 0. The van der Waals surface area contributed by atoms with E-state index in [0.29, 0.717) is 17.6 Å². The summed E-state index contributed by atoms with van der Waals surface area (Å²) in [5.74, 6) is 0. The molecule has 0 aliphatic carbocycles. The smallest absolute Gasteiger partial charge is 0.0826 e. The predicted octanol–water partition coefficient (Wildman–Crippen LogP) is 0.685. The Morgan fingerprint density at radius 3 is 3.00 bits per heavy atom. The molecule has 0 aromatic carbocycles. The zero-order valence-corrected chi connectivity index (χ0v) is 12.2. The van der Waals surface area contributed by atoms with E-state index < -0.39 is 0 Å². The molecule has 2 saturated heterocycles. The Labute approximate surface area is 111 Å². The van der Waals surface area contributed by atoms with E-state index in [9.17, 15) is 0 Å². The fraction of sp³-hybridized carbons (Fsp3) is 1.00. The van der Waals surface area contributed by atoms with Gasteiger partial charge in [0.2, 0.25) is 0 Å². The lowest BCUT2D eigenvalue weighted by Gasteiger charge is -2.41. The summed E-state index contributed by atoms with van der Waals surface area (Å²) in [6.07, 6.45) is 1.58. The fourth-order valence-electron chi connectivity index (χ4n) is 3.01. The molecule has 2 heterocycles. The predicted molar refractivity (Wildman–Crippen MR) is 74.9 cm³/mol. The minimum atomic E-state index is 0.345. The van der Waals surface area contributed by atoms with Crippen molar-refractivity contribution >= 4 is 0 Å². The molecule has 0 radical (unpaired) electrons. The molecule has 0 spiro atoms. The second-order valence-electron chi connectivity index (χ2n) is 6.30. The van der Waals surface area contributed by atoms with Crippen LogP contribution < -0.4 is 10.6 Å². The van der Waals surface area contributed by atoms with Crippen LogP contribution in [0.1, 0.15) is 27.2 Å². The van der Waals surface area contributed by atoms with Gasteiger partial charge in [0.25, 0.3) is 0 Å². The topological polar surface area (TPSA) is 36.5 Å². The van der Waals surface area contributed by atoms with Crippen molar-refractivity contribution in [3.63, 3.8) is 0 Å². The number of nitrogens with zero attached hydrogens (tertiary/aromatic N) is 1. The highest BCUT2D eigenvalue weighted by Crippen LogP contribution is 2.25. The molecule has 18 heavy (non-hydrogen) atoms. The minimum Gasteiger partial charge on any atom is -0.374 e. The Morgan fingerprint density at radius 2 is 2.28 bits per heavy atom. The van der Waals surface area contributed by atoms with E-state index in [0.717, 1.165) is 45.9 Å². The van der Waals surface area contributed by atoms with Crippen molar-refractivity contribution in [1.82, 2.24) is 15.5 Å². The Hall–Kier alpha value is -0.160. The summed E-state index contributed by atoms with van der Waals surface area (Å²) < 4.78 is 5.85. The first-order valence-corrected chi connectivity index (χ1v) is 7.40. The maximum atomic E-state index is 5.85. The molecule has 0 saturated carbocycles. The van der Waals surface area contributed by atoms with E-state index in [2.05, 4.69) is 36.3 Å². The normalized spacial score (nSPS) is 33.5. The van der Waals surface area contributed by atoms with Gasteiger partial charge in [-0.2, -0.15) is 0 Å². The van der Waals surface area contributed by atoms with Gasteiger partial charge in [-0.25, -0.2) is 0 Å². The van der Waals surface area contributed by atoms with E-state index in [4.69, 9.17) is 4.74 Å². The Kier molecular flexibility index (Phi) is 5.01. The maximum absolute atomic E-state index is 5.85. The second kappa shape index (κ2) is 6.33. The van der Waals surface area contributed by atoms with Crippen LogP contribution in [0.4, 0.5) is 0 Å². The molecule has 106 valence electrons. The number of likely N-dealkylation sites (N-methyl/N-ethyl adjacent to an activating group) is 1. The zero-order chi connectivity index (χ0) is 13.0. The molecule has 2 rings (SSSR count). The highest BCUT2D eigenvalue weighted by Gasteiger charge is 2.32. The van der Waals surface area contributed by atoms with Crippen LogP contribution in [0.25, 0.3) is 0 Å². The van der Waals surface area contributed by atoms with Crippen molar-refractivity contribution in [2.75, 3.05) is 45.9 Å². The van der Waals surface area contributed by atoms with E-state index in [1.165, 1.54) is 6.42 Å². The third-order valence-corrected chi connectivity index (χ3v) is 4.40. The van der Waals surface area contributed by atoms with Gasteiger partial charge in [0, 0.05) is 32.2 Å². The first-order valence-electron chi connectivity index (χ1n) is 7.40. The third-order valence-electron chi connectivity index (χ3n) is 4.40. The molecule has 2 N–H and O–H groups in total. The zero-order valence-electron chi connectivity index (χ0n) is 12.2. The van der Waals surface area contributed by atoms with Crippen molar-refractivity contribution in [2.45, 2.75) is 39.3 Å². The van der Waals surface area contributed by atoms with E-state index >= 15 is 0 Å². The van der Waals surface area contributed by atoms with Crippen molar-refractivity contribution in [3.8, 4) is 0 Å². The summed E-state index contributed by atoms with van der Waals surface area (Å²) in [6.45, 7) is 14.3. The average Bonchev–Trinajstić information content (AvgIpc) is 2.37. The van der Waals surface area contributed by atoms with Crippen LogP contribution in [0.3, 0.4) is 0 Å². The Morgan fingerprint density at radius 1 is 1.44 bits per heavy atom. The molecular weight excluding hydrogens is 226 g/mol. The molecule has 0 bridgehead atoms. The van der Waals surface area contributed by atoms with Gasteiger partial charge in [0.1, 0.15) is 0 Å². The lowest BCUT2D eigenvalue weighted by molar-refractivity contribution is -0.0287. The quantitative estimate of drug-likeness (QED) is 0.775. The summed E-state index contributed by atoms with van der Waals surface area (Å²) in [6, 6.07) is 0.611. The number of morpholine rings is 1. The number of piperidine rings is 1. The molecule has 2 unspecified atom stereocenters. The Bertz CT molecular complexity index is 257. The van der Waals surface area contributed by atoms with Crippen LogP contribution in [-0.4, -0.2) is 62.9 Å². The highest BCUT2D eigenvalue weighted by atomic mass is 16.5. The molecule has 4 heteroatoms. The summed E-state index contributed by atoms with van der Waals surface area (Å²) in [5, 5.41) is 7.21. The number of nitrogens with one attached hydrogen (secondary N) is 2. The van der Waals surface area contributed by atoms with Crippen molar-refractivity contribution in [3.05, 3.63) is 0 Å². The minimum absolute atomic E-state index is 0.345. The Balaban J connectivity index is 1.76. The van der Waals surface area contributed by atoms with Gasteiger partial charge in [0.05, 0.1) is 12.7 Å². The van der Waals surface area contributed by atoms with Crippen LogP contribution in [-0.2, 0) is 4.74 Å². The molecule has 2 atom stereocenters. The van der Waals surface area contributed by atoms with Gasteiger partial charge < -0.3 is 15.4 Å². The van der Waals surface area contributed by atoms with E-state index in [1.807, 2.05) is 0 Å². The third kappa shape index (κ3) is 3.67. The molecular formula is C14H29N3O. The second-order valence-corrected chi connectivity index (χ2v) is 6.30. The molecule has 0 aromatic heterocycles. The van der Waals surface area contributed by atoms with Crippen LogP contribution in [0, 0.1) is 5.41 Å². The van der Waals surface area contributed by atoms with Crippen LogP contribution >= 0.6 is 0 Å². The largest absolute Gasteiger partial charge is 0.374 e. The van der Waals surface area contributed by atoms with Gasteiger partial charge in [-0.1, -0.05) is 20.8 Å². The molecule has 2 aliphatic rings. The molecule has 2 fully saturated rings. The van der Waals surface area contributed by atoms with Gasteiger partial charge in [-0.05, 0) is 24.9 Å². The molecule has 4 nitrogen and oxygen atoms in total. The summed E-state index contributed by atoms with van der Waals surface area (Å²) in [4.78, 5) is 2.48. The summed E-state index contributed by atoms with van der Waals surface area (Å²) in [5.41, 5.74) is 0.345. The standard InChI is InChI=1S/C14H29N3O/c1-4-17-7-8-18-12(10-17)9-16-13-5-6-15-11-14(13,2)3/h12-13,15-16H,4-11H2,1-3H3. The van der Waals surface area contributed by atoms with Crippen LogP contribution in [0.2, 0.25) is 0 Å². The fourth-order valence-corrected chi connectivity index (χ4v) is 3.01.